The second-order valence-corrected chi connectivity index (χ2v) is 7.74. The van der Waals surface area contributed by atoms with Gasteiger partial charge in [0.05, 0.1) is 6.04 Å². The number of nitrogens with zero attached hydrogens (tertiary/aromatic N) is 1. The van der Waals surface area contributed by atoms with Crippen molar-refractivity contribution in [3.63, 3.8) is 0 Å². The standard InChI is InChI=1S/C20H17F2N3O3S/c1-25-10-17-19(18(25)20(26)23-13-7-8-14(21)15(22)9-13)28-11-16(24-29(17)27)12-5-3-2-4-6-12/h2-10,16,24H,11H2,1H3,(H,23,26). The highest BCUT2D eigenvalue weighted by atomic mass is 32.2. The summed E-state index contributed by atoms with van der Waals surface area (Å²) in [5, 5.41) is 2.52. The Kier molecular flexibility index (Phi) is 5.16. The average molecular weight is 417 g/mol. The Morgan fingerprint density at radius 3 is 2.69 bits per heavy atom. The van der Waals surface area contributed by atoms with Gasteiger partial charge in [-0.2, -0.15) is 0 Å². The number of benzene rings is 2. The molecule has 0 spiro atoms. The summed E-state index contributed by atoms with van der Waals surface area (Å²) in [5.74, 6) is -2.47. The molecule has 2 atom stereocenters. The summed E-state index contributed by atoms with van der Waals surface area (Å²) >= 11 is 0. The van der Waals surface area contributed by atoms with Crippen LogP contribution in [0.5, 0.6) is 5.75 Å². The minimum Gasteiger partial charge on any atom is -0.488 e. The normalized spacial score (nSPS) is 18.4. The third-order valence-electron chi connectivity index (χ3n) is 4.54. The van der Waals surface area contributed by atoms with Crippen LogP contribution in [-0.4, -0.2) is 21.3 Å². The maximum Gasteiger partial charge on any atom is 0.276 e. The number of carbonyl (C=O) groups excluding carboxylic acids is 1. The van der Waals surface area contributed by atoms with Crippen LogP contribution in [0.25, 0.3) is 0 Å². The number of nitrogens with one attached hydrogen (secondary N) is 2. The lowest BCUT2D eigenvalue weighted by molar-refractivity contribution is 0.101. The fourth-order valence-electron chi connectivity index (χ4n) is 3.12. The Morgan fingerprint density at radius 2 is 1.97 bits per heavy atom. The van der Waals surface area contributed by atoms with E-state index in [1.54, 1.807) is 13.2 Å². The van der Waals surface area contributed by atoms with Crippen LogP contribution in [0.1, 0.15) is 22.1 Å². The number of hydrogen-bond acceptors (Lipinski definition) is 3. The lowest BCUT2D eigenvalue weighted by Crippen LogP contribution is -2.26. The summed E-state index contributed by atoms with van der Waals surface area (Å²) in [4.78, 5) is 13.1. The summed E-state index contributed by atoms with van der Waals surface area (Å²) in [6.07, 6.45) is 1.55. The van der Waals surface area contributed by atoms with Crippen molar-refractivity contribution in [2.24, 2.45) is 7.05 Å². The first-order valence-electron chi connectivity index (χ1n) is 8.75. The highest BCUT2D eigenvalue weighted by Crippen LogP contribution is 2.33. The first kappa shape index (κ1) is 19.3. The molecule has 0 radical (unpaired) electrons. The largest absolute Gasteiger partial charge is 0.488 e. The molecule has 150 valence electrons. The van der Waals surface area contributed by atoms with Crippen molar-refractivity contribution >= 4 is 22.6 Å². The topological polar surface area (TPSA) is 72.4 Å². The fraction of sp³-hybridized carbons (Fsp3) is 0.150. The van der Waals surface area contributed by atoms with E-state index < -0.39 is 28.5 Å². The van der Waals surface area contributed by atoms with Crippen LogP contribution in [0.2, 0.25) is 0 Å². The third kappa shape index (κ3) is 3.79. The van der Waals surface area contributed by atoms with Gasteiger partial charge in [0.15, 0.2) is 23.1 Å². The molecule has 1 aromatic heterocycles. The number of carbonyl (C=O) groups is 1. The van der Waals surface area contributed by atoms with Gasteiger partial charge >= 0.3 is 0 Å². The molecule has 3 aromatic rings. The van der Waals surface area contributed by atoms with E-state index in [0.29, 0.717) is 4.90 Å². The molecule has 0 saturated heterocycles. The molecule has 1 aliphatic heterocycles. The Morgan fingerprint density at radius 1 is 1.21 bits per heavy atom. The zero-order chi connectivity index (χ0) is 20.5. The highest BCUT2D eigenvalue weighted by molar-refractivity contribution is 7.83. The van der Waals surface area contributed by atoms with Gasteiger partial charge in [0.25, 0.3) is 5.91 Å². The molecular formula is C20H17F2N3O3S. The third-order valence-corrected chi connectivity index (χ3v) is 5.73. The van der Waals surface area contributed by atoms with Gasteiger partial charge in [-0.05, 0) is 17.7 Å². The Hall–Kier alpha value is -3.04. The lowest BCUT2D eigenvalue weighted by Gasteiger charge is -2.15. The summed E-state index contributed by atoms with van der Waals surface area (Å²) in [6, 6.07) is 12.2. The molecule has 9 heteroatoms. The number of amides is 1. The Bertz CT molecular complexity index is 1100. The molecule has 0 fully saturated rings. The van der Waals surface area contributed by atoms with Crippen LogP contribution in [0.3, 0.4) is 0 Å². The summed E-state index contributed by atoms with van der Waals surface area (Å²) in [6.45, 7) is 0.165. The molecule has 2 unspecified atom stereocenters. The SMILES string of the molecule is Cn1cc2c(c1C(=O)Nc1ccc(F)c(F)c1)OCC(c1ccccc1)NS2=O. The number of hydrogen-bond donors (Lipinski definition) is 2. The monoisotopic (exact) mass is 417 g/mol. The summed E-state index contributed by atoms with van der Waals surface area (Å²) in [7, 11) is 0.00738. The average Bonchev–Trinajstić information content (AvgIpc) is 2.96. The van der Waals surface area contributed by atoms with E-state index >= 15 is 0 Å². The Balaban J connectivity index is 1.62. The van der Waals surface area contributed by atoms with Gasteiger partial charge in [0.1, 0.15) is 22.5 Å². The number of aromatic nitrogens is 1. The van der Waals surface area contributed by atoms with Crippen LogP contribution < -0.4 is 14.8 Å². The minimum atomic E-state index is -1.61. The van der Waals surface area contributed by atoms with Gasteiger partial charge in [-0.15, -0.1) is 0 Å². The quantitative estimate of drug-likeness (QED) is 0.687. The van der Waals surface area contributed by atoms with Crippen molar-refractivity contribution in [3.8, 4) is 5.75 Å². The molecular weight excluding hydrogens is 400 g/mol. The molecule has 2 aromatic carbocycles. The van der Waals surface area contributed by atoms with Gasteiger partial charge in [0, 0.05) is 25.0 Å². The van der Waals surface area contributed by atoms with E-state index in [9.17, 15) is 17.8 Å². The molecule has 0 saturated carbocycles. The molecule has 1 aliphatic rings. The maximum atomic E-state index is 13.4. The second-order valence-electron chi connectivity index (χ2n) is 6.53. The summed E-state index contributed by atoms with van der Waals surface area (Å²) in [5.41, 5.74) is 1.13. The molecule has 2 heterocycles. The van der Waals surface area contributed by atoms with E-state index in [1.165, 1.54) is 10.6 Å². The molecule has 0 bridgehead atoms. The van der Waals surface area contributed by atoms with Crippen LogP contribution in [0.4, 0.5) is 14.5 Å². The second kappa shape index (κ2) is 7.76. The van der Waals surface area contributed by atoms with Crippen LogP contribution in [0.15, 0.2) is 59.6 Å². The van der Waals surface area contributed by atoms with Gasteiger partial charge in [-0.25, -0.2) is 17.7 Å². The number of ether oxygens (including phenoxy) is 1. The number of fused-ring (bicyclic) bond motifs is 1. The maximum absolute atomic E-state index is 13.4. The van der Waals surface area contributed by atoms with Crippen molar-refractivity contribution in [3.05, 3.63) is 77.6 Å². The van der Waals surface area contributed by atoms with Gasteiger partial charge in [-0.3, -0.25) is 4.79 Å². The predicted octanol–water partition coefficient (Wildman–Crippen LogP) is 3.30. The zero-order valence-electron chi connectivity index (χ0n) is 15.3. The van der Waals surface area contributed by atoms with Crippen LogP contribution in [0, 0.1) is 11.6 Å². The minimum absolute atomic E-state index is 0.0962. The van der Waals surface area contributed by atoms with Crippen LogP contribution >= 0.6 is 0 Å². The van der Waals surface area contributed by atoms with E-state index in [-0.39, 0.29) is 29.8 Å². The Labute approximate surface area is 168 Å². The highest BCUT2D eigenvalue weighted by Gasteiger charge is 2.30. The van der Waals surface area contributed by atoms with Gasteiger partial charge < -0.3 is 14.6 Å². The van der Waals surface area contributed by atoms with Gasteiger partial charge in [-0.1, -0.05) is 30.3 Å². The molecule has 1 amide bonds. The molecule has 0 aliphatic carbocycles. The van der Waals surface area contributed by atoms with Crippen molar-refractivity contribution in [2.75, 3.05) is 11.9 Å². The van der Waals surface area contributed by atoms with E-state index in [1.807, 2.05) is 30.3 Å². The van der Waals surface area contributed by atoms with Crippen LogP contribution in [-0.2, 0) is 18.0 Å². The molecule has 6 nitrogen and oxygen atoms in total. The van der Waals surface area contributed by atoms with Gasteiger partial charge in [0.2, 0.25) is 0 Å². The molecule has 29 heavy (non-hydrogen) atoms. The number of rotatable bonds is 3. The van der Waals surface area contributed by atoms with Crippen molar-refractivity contribution in [2.45, 2.75) is 10.9 Å². The zero-order valence-corrected chi connectivity index (χ0v) is 16.1. The molecule has 2 N–H and O–H groups in total. The van der Waals surface area contributed by atoms with E-state index in [0.717, 1.165) is 17.7 Å². The fourth-order valence-corrected chi connectivity index (χ4v) is 4.29. The number of aryl methyl sites for hydroxylation is 1. The molecule has 4 rings (SSSR count). The van der Waals surface area contributed by atoms with E-state index in [4.69, 9.17) is 4.74 Å². The van der Waals surface area contributed by atoms with Crippen molar-refractivity contribution in [1.29, 1.82) is 0 Å². The van der Waals surface area contributed by atoms with Crippen molar-refractivity contribution in [1.82, 2.24) is 9.29 Å². The number of anilines is 1. The summed E-state index contributed by atoms with van der Waals surface area (Å²) < 4.78 is 49.7. The lowest BCUT2D eigenvalue weighted by atomic mass is 10.1. The first-order valence-corrected chi connectivity index (χ1v) is 9.90. The first-order chi connectivity index (χ1) is 13.9. The van der Waals surface area contributed by atoms with E-state index in [2.05, 4.69) is 10.0 Å². The van der Waals surface area contributed by atoms with Crippen molar-refractivity contribution < 1.29 is 22.5 Å². The number of halogens is 2. The smallest absolute Gasteiger partial charge is 0.276 e. The predicted molar refractivity (Wildman–Crippen MR) is 104 cm³/mol.